The van der Waals surface area contributed by atoms with Gasteiger partial charge in [0.1, 0.15) is 0 Å². The second-order valence-electron chi connectivity index (χ2n) is 6.59. The lowest BCUT2D eigenvalue weighted by atomic mass is 9.73. The zero-order valence-electron chi connectivity index (χ0n) is 12.6. The molecule has 3 nitrogen and oxygen atoms in total. The summed E-state index contributed by atoms with van der Waals surface area (Å²) in [6.07, 6.45) is 12.2. The van der Waals surface area contributed by atoms with Crippen molar-refractivity contribution in [1.82, 2.24) is 5.43 Å². The number of hydrazine groups is 1. The van der Waals surface area contributed by atoms with E-state index in [0.717, 1.165) is 25.0 Å². The highest BCUT2D eigenvalue weighted by Crippen LogP contribution is 2.36. The molecule has 112 valence electrons. The van der Waals surface area contributed by atoms with Crippen molar-refractivity contribution in [3.05, 3.63) is 0 Å². The van der Waals surface area contributed by atoms with Gasteiger partial charge in [0.05, 0.1) is 6.61 Å². The molecule has 2 fully saturated rings. The summed E-state index contributed by atoms with van der Waals surface area (Å²) in [5.41, 5.74) is 3.12. The largest absolute Gasteiger partial charge is 0.381 e. The monoisotopic (exact) mass is 268 g/mol. The van der Waals surface area contributed by atoms with Gasteiger partial charge < -0.3 is 4.74 Å². The minimum absolute atomic E-state index is 0.479. The Morgan fingerprint density at radius 2 is 1.95 bits per heavy atom. The Balaban J connectivity index is 1.77. The maximum atomic E-state index is 5.84. The molecule has 3 heteroatoms. The van der Waals surface area contributed by atoms with E-state index in [1.807, 2.05) is 0 Å². The van der Waals surface area contributed by atoms with Crippen molar-refractivity contribution in [3.63, 3.8) is 0 Å². The summed E-state index contributed by atoms with van der Waals surface area (Å²) in [6.45, 7) is 4.14. The van der Waals surface area contributed by atoms with Crippen LogP contribution in [0.4, 0.5) is 0 Å². The Kier molecular flexibility index (Phi) is 6.62. The van der Waals surface area contributed by atoms with E-state index in [4.69, 9.17) is 10.6 Å². The van der Waals surface area contributed by atoms with Crippen LogP contribution in [0.2, 0.25) is 0 Å². The highest BCUT2D eigenvalue weighted by atomic mass is 16.5. The molecule has 1 saturated carbocycles. The number of unbranched alkanes of at least 4 members (excludes halogenated alkanes) is 1. The van der Waals surface area contributed by atoms with Gasteiger partial charge >= 0.3 is 0 Å². The van der Waals surface area contributed by atoms with Gasteiger partial charge in [-0.15, -0.1) is 0 Å². The van der Waals surface area contributed by atoms with Crippen molar-refractivity contribution in [3.8, 4) is 0 Å². The molecule has 1 saturated heterocycles. The van der Waals surface area contributed by atoms with Crippen LogP contribution in [0.3, 0.4) is 0 Å². The van der Waals surface area contributed by atoms with Gasteiger partial charge in [-0.2, -0.15) is 0 Å². The maximum Gasteiger partial charge on any atom is 0.0509 e. The molecular weight excluding hydrogens is 236 g/mol. The molecule has 2 unspecified atom stereocenters. The topological polar surface area (TPSA) is 47.3 Å². The first-order valence-corrected chi connectivity index (χ1v) is 8.39. The molecule has 2 rings (SSSR count). The van der Waals surface area contributed by atoms with Crippen molar-refractivity contribution in [2.24, 2.45) is 23.6 Å². The Labute approximate surface area is 118 Å². The summed E-state index contributed by atoms with van der Waals surface area (Å²) < 4.78 is 5.63. The lowest BCUT2D eigenvalue weighted by molar-refractivity contribution is 0.0222. The normalized spacial score (nSPS) is 34.1. The third-order valence-corrected chi connectivity index (χ3v) is 5.26. The first-order valence-electron chi connectivity index (χ1n) is 8.39. The van der Waals surface area contributed by atoms with Crippen LogP contribution in [-0.4, -0.2) is 19.3 Å². The van der Waals surface area contributed by atoms with Crippen molar-refractivity contribution in [1.29, 1.82) is 0 Å². The van der Waals surface area contributed by atoms with Gasteiger partial charge in [-0.3, -0.25) is 11.3 Å². The van der Waals surface area contributed by atoms with E-state index in [1.165, 1.54) is 57.8 Å². The second kappa shape index (κ2) is 8.23. The lowest BCUT2D eigenvalue weighted by Gasteiger charge is -2.39. The number of nitrogens with one attached hydrogen (secondary N) is 1. The molecule has 2 atom stereocenters. The average molecular weight is 268 g/mol. The predicted molar refractivity (Wildman–Crippen MR) is 79.6 cm³/mol. The summed E-state index contributed by atoms with van der Waals surface area (Å²) in [4.78, 5) is 0. The van der Waals surface area contributed by atoms with E-state index in [0.29, 0.717) is 12.0 Å². The second-order valence-corrected chi connectivity index (χ2v) is 6.59. The van der Waals surface area contributed by atoms with Crippen LogP contribution in [-0.2, 0) is 4.74 Å². The van der Waals surface area contributed by atoms with E-state index in [2.05, 4.69) is 12.3 Å². The van der Waals surface area contributed by atoms with Gasteiger partial charge in [-0.05, 0) is 43.4 Å². The van der Waals surface area contributed by atoms with Crippen molar-refractivity contribution in [2.45, 2.75) is 70.8 Å². The van der Waals surface area contributed by atoms with Gasteiger partial charge in [-0.1, -0.05) is 39.0 Å². The molecule has 1 aliphatic heterocycles. The SMILES string of the molecule is CCCCC1CCC(C(NN)C2CCCOC2)CC1. The lowest BCUT2D eigenvalue weighted by Crippen LogP contribution is -2.49. The Morgan fingerprint density at radius 3 is 2.53 bits per heavy atom. The summed E-state index contributed by atoms with van der Waals surface area (Å²) in [6, 6.07) is 0.479. The number of nitrogens with two attached hydrogens (primary N) is 1. The molecule has 1 heterocycles. The first kappa shape index (κ1) is 15.3. The van der Waals surface area contributed by atoms with Gasteiger partial charge in [0.2, 0.25) is 0 Å². The van der Waals surface area contributed by atoms with Crippen LogP contribution in [0.15, 0.2) is 0 Å². The van der Waals surface area contributed by atoms with Crippen LogP contribution in [0.25, 0.3) is 0 Å². The van der Waals surface area contributed by atoms with Crippen molar-refractivity contribution >= 4 is 0 Å². The fourth-order valence-electron chi connectivity index (χ4n) is 4.03. The molecule has 3 N–H and O–H groups in total. The van der Waals surface area contributed by atoms with Gasteiger partial charge in [0.25, 0.3) is 0 Å². The standard InChI is InChI=1S/C16H32N2O/c1-2-3-5-13-7-9-14(10-8-13)16(18-17)15-6-4-11-19-12-15/h13-16,18H,2-12,17H2,1H3. The molecule has 0 aromatic carbocycles. The minimum Gasteiger partial charge on any atom is -0.381 e. The Hall–Kier alpha value is -0.120. The van der Waals surface area contributed by atoms with E-state index in [9.17, 15) is 0 Å². The highest BCUT2D eigenvalue weighted by Gasteiger charge is 2.32. The molecule has 0 spiro atoms. The fourth-order valence-corrected chi connectivity index (χ4v) is 4.03. The van der Waals surface area contributed by atoms with Crippen LogP contribution >= 0.6 is 0 Å². The van der Waals surface area contributed by atoms with Gasteiger partial charge in [0.15, 0.2) is 0 Å². The molecule has 1 aliphatic carbocycles. The molecule has 0 bridgehead atoms. The van der Waals surface area contributed by atoms with Gasteiger partial charge in [0, 0.05) is 12.6 Å². The van der Waals surface area contributed by atoms with E-state index < -0.39 is 0 Å². The van der Waals surface area contributed by atoms with Crippen molar-refractivity contribution < 1.29 is 4.74 Å². The van der Waals surface area contributed by atoms with Gasteiger partial charge in [-0.25, -0.2) is 0 Å². The third kappa shape index (κ3) is 4.44. The summed E-state index contributed by atoms with van der Waals surface area (Å²) in [7, 11) is 0. The molecule has 0 radical (unpaired) electrons. The third-order valence-electron chi connectivity index (χ3n) is 5.26. The molecular formula is C16H32N2O. The van der Waals surface area contributed by atoms with Crippen LogP contribution in [0, 0.1) is 17.8 Å². The number of hydrogen-bond acceptors (Lipinski definition) is 3. The molecule has 0 aromatic rings. The zero-order chi connectivity index (χ0) is 13.5. The Morgan fingerprint density at radius 1 is 1.16 bits per heavy atom. The van der Waals surface area contributed by atoms with Crippen LogP contribution in [0.1, 0.15) is 64.7 Å². The van der Waals surface area contributed by atoms with Crippen molar-refractivity contribution in [2.75, 3.05) is 13.2 Å². The molecule has 0 aromatic heterocycles. The quantitative estimate of drug-likeness (QED) is 0.574. The number of rotatable bonds is 6. The molecule has 0 amide bonds. The fraction of sp³-hybridized carbons (Fsp3) is 1.00. The molecule has 2 aliphatic rings. The maximum absolute atomic E-state index is 5.84. The Bertz CT molecular complexity index is 233. The smallest absolute Gasteiger partial charge is 0.0509 e. The van der Waals surface area contributed by atoms with E-state index in [-0.39, 0.29) is 0 Å². The predicted octanol–water partition coefficient (Wildman–Crippen LogP) is 3.24. The molecule has 19 heavy (non-hydrogen) atoms. The van der Waals surface area contributed by atoms with E-state index in [1.54, 1.807) is 0 Å². The number of ether oxygens (including phenoxy) is 1. The minimum atomic E-state index is 0.479. The number of hydrogen-bond donors (Lipinski definition) is 2. The highest BCUT2D eigenvalue weighted by molar-refractivity contribution is 4.86. The summed E-state index contributed by atoms with van der Waals surface area (Å²) in [5.74, 6) is 8.24. The summed E-state index contributed by atoms with van der Waals surface area (Å²) >= 11 is 0. The van der Waals surface area contributed by atoms with E-state index >= 15 is 0 Å². The van der Waals surface area contributed by atoms with Crippen LogP contribution in [0.5, 0.6) is 0 Å². The summed E-state index contributed by atoms with van der Waals surface area (Å²) in [5, 5.41) is 0. The van der Waals surface area contributed by atoms with Crippen LogP contribution < -0.4 is 11.3 Å². The first-order chi connectivity index (χ1) is 9.35. The zero-order valence-corrected chi connectivity index (χ0v) is 12.6. The average Bonchev–Trinajstić information content (AvgIpc) is 2.48.